The van der Waals surface area contributed by atoms with E-state index in [-0.39, 0.29) is 11.7 Å². The maximum Gasteiger partial charge on any atom is 0.223 e. The lowest BCUT2D eigenvalue weighted by molar-refractivity contribution is -0.136. The molecule has 2 heterocycles. The summed E-state index contributed by atoms with van der Waals surface area (Å²) in [6.45, 7) is 5.02. The maximum atomic E-state index is 13.9. The van der Waals surface area contributed by atoms with Crippen molar-refractivity contribution in [2.45, 2.75) is 25.8 Å². The molecule has 2 fully saturated rings. The highest BCUT2D eigenvalue weighted by atomic mass is 35.5. The van der Waals surface area contributed by atoms with Gasteiger partial charge >= 0.3 is 0 Å². The molecule has 2 saturated heterocycles. The summed E-state index contributed by atoms with van der Waals surface area (Å²) in [5.41, 5.74) is 0.571. The average Bonchev–Trinajstić information content (AvgIpc) is 2.60. The van der Waals surface area contributed by atoms with Gasteiger partial charge in [0, 0.05) is 36.6 Å². The molecule has 0 N–H and O–H groups in total. The smallest absolute Gasteiger partial charge is 0.223 e. The summed E-state index contributed by atoms with van der Waals surface area (Å²) in [5.74, 6) is 0.425. The molecule has 1 aromatic carbocycles. The number of likely N-dealkylation sites (tertiary alicyclic amines) is 1. The molecule has 0 spiro atoms. The lowest BCUT2D eigenvalue weighted by Gasteiger charge is -2.33. The van der Waals surface area contributed by atoms with E-state index in [0.29, 0.717) is 55.8 Å². The van der Waals surface area contributed by atoms with Crippen LogP contribution in [0.2, 0.25) is 5.02 Å². The summed E-state index contributed by atoms with van der Waals surface area (Å²) in [6, 6.07) is 4.81. The minimum atomic E-state index is -0.243. The van der Waals surface area contributed by atoms with Crippen LogP contribution in [0.5, 0.6) is 0 Å². The molecule has 3 rings (SSSR count). The third-order valence-corrected chi connectivity index (χ3v) is 5.33. The average molecular weight is 355 g/mol. The number of hydrogen-bond acceptors (Lipinski definition) is 3. The van der Waals surface area contributed by atoms with Crippen LogP contribution in [0.3, 0.4) is 0 Å². The topological polar surface area (TPSA) is 32.8 Å². The number of amides is 1. The van der Waals surface area contributed by atoms with Gasteiger partial charge < -0.3 is 9.64 Å². The number of nitrogens with zero attached hydrogens (tertiary/aromatic N) is 2. The van der Waals surface area contributed by atoms with Gasteiger partial charge in [-0.25, -0.2) is 4.39 Å². The van der Waals surface area contributed by atoms with E-state index in [1.54, 1.807) is 12.1 Å². The zero-order valence-corrected chi connectivity index (χ0v) is 14.6. The van der Waals surface area contributed by atoms with Crippen molar-refractivity contribution in [3.05, 3.63) is 34.6 Å². The molecule has 0 saturated carbocycles. The van der Waals surface area contributed by atoms with Crippen LogP contribution in [-0.2, 0) is 16.1 Å². The largest absolute Gasteiger partial charge is 0.378 e. The number of carbonyl (C=O) groups is 1. The number of carbonyl (C=O) groups excluding carboxylic acids is 1. The van der Waals surface area contributed by atoms with Crippen LogP contribution in [-0.4, -0.2) is 55.1 Å². The van der Waals surface area contributed by atoms with Crippen molar-refractivity contribution < 1.29 is 13.9 Å². The Hall–Kier alpha value is -1.17. The fourth-order valence-electron chi connectivity index (χ4n) is 3.44. The SMILES string of the molecule is O=C(CC1CCN(Cc2c(F)cccc2Cl)CC1)N1CCOCC1. The summed E-state index contributed by atoms with van der Waals surface area (Å²) < 4.78 is 19.2. The van der Waals surface area contributed by atoms with Gasteiger partial charge in [-0.3, -0.25) is 9.69 Å². The van der Waals surface area contributed by atoms with Crippen molar-refractivity contribution in [1.29, 1.82) is 0 Å². The van der Waals surface area contributed by atoms with Crippen LogP contribution in [0.1, 0.15) is 24.8 Å². The summed E-state index contributed by atoms with van der Waals surface area (Å²) in [5, 5.41) is 0.486. The normalized spacial score (nSPS) is 20.3. The predicted octanol–water partition coefficient (Wildman–Crippen LogP) is 2.94. The van der Waals surface area contributed by atoms with E-state index in [4.69, 9.17) is 16.3 Å². The van der Waals surface area contributed by atoms with Crippen molar-refractivity contribution >= 4 is 17.5 Å². The third-order valence-electron chi connectivity index (χ3n) is 4.98. The van der Waals surface area contributed by atoms with E-state index >= 15 is 0 Å². The molecule has 6 heteroatoms. The lowest BCUT2D eigenvalue weighted by Crippen LogP contribution is -2.42. The summed E-state index contributed by atoms with van der Waals surface area (Å²) in [7, 11) is 0. The zero-order valence-electron chi connectivity index (χ0n) is 13.8. The predicted molar refractivity (Wildman–Crippen MR) is 91.4 cm³/mol. The van der Waals surface area contributed by atoms with Gasteiger partial charge in [0.25, 0.3) is 0 Å². The molecule has 2 aliphatic rings. The number of piperidine rings is 1. The summed E-state index contributed by atoms with van der Waals surface area (Å²) >= 11 is 6.11. The van der Waals surface area contributed by atoms with Crippen molar-refractivity contribution in [3.63, 3.8) is 0 Å². The number of hydrogen-bond donors (Lipinski definition) is 0. The summed E-state index contributed by atoms with van der Waals surface area (Å²) in [6.07, 6.45) is 2.57. The second-order valence-corrected chi connectivity index (χ2v) is 7.02. The molecule has 0 radical (unpaired) electrons. The van der Waals surface area contributed by atoms with Crippen LogP contribution in [0.4, 0.5) is 4.39 Å². The quantitative estimate of drug-likeness (QED) is 0.833. The van der Waals surface area contributed by atoms with Crippen LogP contribution in [0.15, 0.2) is 18.2 Å². The Bertz CT molecular complexity index is 550. The van der Waals surface area contributed by atoms with E-state index in [1.165, 1.54) is 6.07 Å². The van der Waals surface area contributed by atoms with Gasteiger partial charge in [-0.2, -0.15) is 0 Å². The molecule has 0 aromatic heterocycles. The number of benzene rings is 1. The van der Waals surface area contributed by atoms with Gasteiger partial charge in [-0.1, -0.05) is 17.7 Å². The standard InChI is InChI=1S/C18H24ClFN2O2/c19-16-2-1-3-17(20)15(16)13-21-6-4-14(5-7-21)12-18(23)22-8-10-24-11-9-22/h1-3,14H,4-13H2. The fraction of sp³-hybridized carbons (Fsp3) is 0.611. The fourth-order valence-corrected chi connectivity index (χ4v) is 3.67. The highest BCUT2D eigenvalue weighted by molar-refractivity contribution is 6.31. The van der Waals surface area contributed by atoms with Gasteiger partial charge in [0.1, 0.15) is 5.82 Å². The van der Waals surface area contributed by atoms with Gasteiger partial charge in [-0.05, 0) is 44.0 Å². The van der Waals surface area contributed by atoms with E-state index in [9.17, 15) is 9.18 Å². The van der Waals surface area contributed by atoms with Crippen molar-refractivity contribution in [2.75, 3.05) is 39.4 Å². The molecular weight excluding hydrogens is 331 g/mol. The molecular formula is C18H24ClFN2O2. The first-order valence-electron chi connectivity index (χ1n) is 8.64. The minimum Gasteiger partial charge on any atom is -0.378 e. The minimum absolute atomic E-state index is 0.243. The Morgan fingerprint density at radius 3 is 2.58 bits per heavy atom. The lowest BCUT2D eigenvalue weighted by atomic mass is 9.92. The Morgan fingerprint density at radius 1 is 1.21 bits per heavy atom. The van der Waals surface area contributed by atoms with Crippen LogP contribution >= 0.6 is 11.6 Å². The monoisotopic (exact) mass is 354 g/mol. The van der Waals surface area contributed by atoms with Gasteiger partial charge in [0.2, 0.25) is 5.91 Å². The van der Waals surface area contributed by atoms with E-state index < -0.39 is 0 Å². The second-order valence-electron chi connectivity index (χ2n) is 6.62. The number of rotatable bonds is 4. The van der Waals surface area contributed by atoms with Gasteiger partial charge in [-0.15, -0.1) is 0 Å². The van der Waals surface area contributed by atoms with Crippen LogP contribution in [0.25, 0.3) is 0 Å². The number of morpholine rings is 1. The molecule has 132 valence electrons. The molecule has 1 aromatic rings. The molecule has 0 unspecified atom stereocenters. The van der Waals surface area contributed by atoms with Crippen LogP contribution in [0, 0.1) is 11.7 Å². The van der Waals surface area contributed by atoms with Crippen LogP contribution < -0.4 is 0 Å². The maximum absolute atomic E-state index is 13.9. The van der Waals surface area contributed by atoms with Crippen molar-refractivity contribution in [1.82, 2.24) is 9.80 Å². The third kappa shape index (κ3) is 4.47. The Kier molecular flexibility index (Phi) is 6.09. The zero-order chi connectivity index (χ0) is 16.9. The van der Waals surface area contributed by atoms with E-state index in [2.05, 4.69) is 4.90 Å². The summed E-state index contributed by atoms with van der Waals surface area (Å²) in [4.78, 5) is 16.5. The highest BCUT2D eigenvalue weighted by Crippen LogP contribution is 2.26. The first-order valence-corrected chi connectivity index (χ1v) is 9.02. The molecule has 4 nitrogen and oxygen atoms in total. The van der Waals surface area contributed by atoms with Crippen molar-refractivity contribution in [2.24, 2.45) is 5.92 Å². The van der Waals surface area contributed by atoms with E-state index in [1.807, 2.05) is 4.90 Å². The molecule has 0 bridgehead atoms. The Balaban J connectivity index is 1.46. The molecule has 1 amide bonds. The number of halogens is 2. The number of ether oxygens (including phenoxy) is 1. The van der Waals surface area contributed by atoms with E-state index in [0.717, 1.165) is 25.9 Å². The Morgan fingerprint density at radius 2 is 1.92 bits per heavy atom. The first kappa shape index (κ1) is 17.6. The molecule has 0 aliphatic carbocycles. The molecule has 2 aliphatic heterocycles. The highest BCUT2D eigenvalue weighted by Gasteiger charge is 2.25. The molecule has 0 atom stereocenters. The Labute approximate surface area is 147 Å². The van der Waals surface area contributed by atoms with Gasteiger partial charge in [0.15, 0.2) is 0 Å². The van der Waals surface area contributed by atoms with Gasteiger partial charge in [0.05, 0.1) is 13.2 Å². The first-order chi connectivity index (χ1) is 11.6. The van der Waals surface area contributed by atoms with Crippen molar-refractivity contribution in [3.8, 4) is 0 Å². The molecule has 24 heavy (non-hydrogen) atoms. The second kappa shape index (κ2) is 8.28.